The van der Waals surface area contributed by atoms with Gasteiger partial charge < -0.3 is 19.9 Å². The fraction of sp³-hybridized carbons (Fsp3) is 0.200. The van der Waals surface area contributed by atoms with E-state index in [1.165, 1.54) is 0 Å². The van der Waals surface area contributed by atoms with Crippen LogP contribution in [0, 0.1) is 0 Å². The van der Waals surface area contributed by atoms with Crippen molar-refractivity contribution in [1.29, 1.82) is 0 Å². The van der Waals surface area contributed by atoms with Gasteiger partial charge in [-0.3, -0.25) is 0 Å². The molecule has 5 rings (SSSR count). The van der Waals surface area contributed by atoms with E-state index in [9.17, 15) is 5.11 Å². The van der Waals surface area contributed by atoms with Crippen LogP contribution < -0.4 is 14.8 Å². The number of rotatable bonds is 7. The lowest BCUT2D eigenvalue weighted by atomic mass is 9.87. The van der Waals surface area contributed by atoms with E-state index < -0.39 is 0 Å². The Balaban J connectivity index is 0.00000304. The van der Waals surface area contributed by atoms with Gasteiger partial charge in [0.15, 0.2) is 11.5 Å². The van der Waals surface area contributed by atoms with E-state index in [0.717, 1.165) is 53.1 Å². The van der Waals surface area contributed by atoms with Gasteiger partial charge in [-0.2, -0.15) is 0 Å². The van der Waals surface area contributed by atoms with Crippen LogP contribution in [0.2, 0.25) is 5.02 Å². The maximum Gasteiger partial charge on any atom is 0.177 e. The molecule has 0 bridgehead atoms. The van der Waals surface area contributed by atoms with Crippen molar-refractivity contribution in [2.75, 3.05) is 13.1 Å². The highest BCUT2D eigenvalue weighted by atomic mass is 35.5. The average Bonchev–Trinajstić information content (AvgIpc) is 3.13. The second kappa shape index (κ2) is 12.2. The quantitative estimate of drug-likeness (QED) is 0.277. The Morgan fingerprint density at radius 1 is 0.833 bits per heavy atom. The summed E-state index contributed by atoms with van der Waals surface area (Å²) in [5, 5.41) is 14.7. The summed E-state index contributed by atoms with van der Waals surface area (Å²) in [5.74, 6) is 1.32. The van der Waals surface area contributed by atoms with E-state index in [4.69, 9.17) is 21.1 Å². The van der Waals surface area contributed by atoms with Crippen LogP contribution in [0.1, 0.15) is 33.7 Å². The van der Waals surface area contributed by atoms with Crippen LogP contribution in [0.5, 0.6) is 17.2 Å². The molecule has 4 aromatic carbocycles. The number of halogens is 2. The van der Waals surface area contributed by atoms with Gasteiger partial charge in [-0.25, -0.2) is 0 Å². The predicted molar refractivity (Wildman–Crippen MR) is 147 cm³/mol. The van der Waals surface area contributed by atoms with E-state index in [2.05, 4.69) is 29.6 Å². The summed E-state index contributed by atoms with van der Waals surface area (Å²) in [6, 6.07) is 30.2. The number of fused-ring (bicyclic) bond motifs is 1. The summed E-state index contributed by atoms with van der Waals surface area (Å²) in [4.78, 5) is 0. The summed E-state index contributed by atoms with van der Waals surface area (Å²) >= 11 is 6.67. The molecule has 0 saturated heterocycles. The zero-order valence-corrected chi connectivity index (χ0v) is 21.4. The Labute approximate surface area is 223 Å². The van der Waals surface area contributed by atoms with Crippen molar-refractivity contribution in [3.63, 3.8) is 0 Å². The average molecular weight is 522 g/mol. The molecular weight excluding hydrogens is 493 g/mol. The van der Waals surface area contributed by atoms with Crippen molar-refractivity contribution in [3.05, 3.63) is 124 Å². The molecule has 4 nitrogen and oxygen atoms in total. The van der Waals surface area contributed by atoms with Gasteiger partial charge in [-0.1, -0.05) is 84.4 Å². The number of phenols is 1. The van der Waals surface area contributed by atoms with Crippen LogP contribution in [-0.2, 0) is 19.6 Å². The molecule has 2 N–H and O–H groups in total. The molecule has 0 radical (unpaired) electrons. The molecule has 0 saturated carbocycles. The van der Waals surface area contributed by atoms with E-state index >= 15 is 0 Å². The smallest absolute Gasteiger partial charge is 0.177 e. The van der Waals surface area contributed by atoms with Crippen molar-refractivity contribution in [1.82, 2.24) is 5.32 Å². The SMILES string of the molecule is Cl.Oc1c(OCc2ccccc2)cc2c(c1Cl)CCNCC2c1ccc(OCc2ccccc2)cc1. The monoisotopic (exact) mass is 521 g/mol. The minimum atomic E-state index is 0. The minimum Gasteiger partial charge on any atom is -0.503 e. The van der Waals surface area contributed by atoms with Gasteiger partial charge in [-0.15, -0.1) is 12.4 Å². The molecule has 1 aliphatic rings. The number of hydrogen-bond acceptors (Lipinski definition) is 4. The summed E-state index contributed by atoms with van der Waals surface area (Å²) in [5.41, 5.74) is 5.37. The van der Waals surface area contributed by atoms with E-state index in [1.54, 1.807) is 0 Å². The Bertz CT molecular complexity index is 1270. The topological polar surface area (TPSA) is 50.7 Å². The number of phenolic OH excluding ortho intramolecular Hbond substituents is 1. The first-order chi connectivity index (χ1) is 17.2. The Morgan fingerprint density at radius 3 is 2.08 bits per heavy atom. The molecule has 186 valence electrons. The zero-order valence-electron chi connectivity index (χ0n) is 19.8. The molecule has 0 spiro atoms. The Morgan fingerprint density at radius 2 is 1.44 bits per heavy atom. The fourth-order valence-corrected chi connectivity index (χ4v) is 4.79. The van der Waals surface area contributed by atoms with Gasteiger partial charge >= 0.3 is 0 Å². The second-order valence-electron chi connectivity index (χ2n) is 8.73. The number of nitrogens with one attached hydrogen (secondary N) is 1. The van der Waals surface area contributed by atoms with Gasteiger partial charge in [0.05, 0.1) is 5.02 Å². The van der Waals surface area contributed by atoms with Crippen LogP contribution in [-0.4, -0.2) is 18.2 Å². The Kier molecular flexibility index (Phi) is 8.76. The molecule has 36 heavy (non-hydrogen) atoms. The number of ether oxygens (including phenoxy) is 2. The highest BCUT2D eigenvalue weighted by Crippen LogP contribution is 2.43. The van der Waals surface area contributed by atoms with Gasteiger partial charge in [0.25, 0.3) is 0 Å². The third-order valence-electron chi connectivity index (χ3n) is 6.38. The standard InChI is InChI=1S/C30H28ClNO3.ClH/c31-29-25-15-16-32-18-27(23-11-13-24(14-12-23)34-19-21-7-3-1-4-8-21)26(25)17-28(30(29)33)35-20-22-9-5-2-6-10-22;/h1-14,17,27,32-33H,15-16,18-20H2;1H. The highest BCUT2D eigenvalue weighted by molar-refractivity contribution is 6.33. The van der Waals surface area contributed by atoms with Crippen molar-refractivity contribution in [3.8, 4) is 17.2 Å². The van der Waals surface area contributed by atoms with Crippen molar-refractivity contribution < 1.29 is 14.6 Å². The van der Waals surface area contributed by atoms with Crippen LogP contribution in [0.25, 0.3) is 0 Å². The largest absolute Gasteiger partial charge is 0.503 e. The summed E-state index contributed by atoms with van der Waals surface area (Å²) in [7, 11) is 0. The van der Waals surface area contributed by atoms with E-state index in [1.807, 2.05) is 66.7 Å². The fourth-order valence-electron chi connectivity index (χ4n) is 4.49. The van der Waals surface area contributed by atoms with Crippen LogP contribution in [0.4, 0.5) is 0 Å². The Hall–Kier alpha value is -3.18. The normalized spacial score (nSPS) is 14.8. The summed E-state index contributed by atoms with van der Waals surface area (Å²) in [6.07, 6.45) is 0.745. The van der Waals surface area contributed by atoms with Crippen molar-refractivity contribution in [2.24, 2.45) is 0 Å². The molecule has 0 fully saturated rings. The maximum atomic E-state index is 10.8. The first-order valence-corrected chi connectivity index (χ1v) is 12.2. The van der Waals surface area contributed by atoms with Gasteiger partial charge in [0.2, 0.25) is 0 Å². The van der Waals surface area contributed by atoms with Crippen LogP contribution in [0.15, 0.2) is 91.0 Å². The molecule has 0 amide bonds. The van der Waals surface area contributed by atoms with Gasteiger partial charge in [0.1, 0.15) is 19.0 Å². The van der Waals surface area contributed by atoms with Crippen LogP contribution in [0.3, 0.4) is 0 Å². The van der Waals surface area contributed by atoms with Crippen molar-refractivity contribution in [2.45, 2.75) is 25.6 Å². The van der Waals surface area contributed by atoms with E-state index in [-0.39, 0.29) is 24.1 Å². The zero-order chi connectivity index (χ0) is 24.0. The summed E-state index contributed by atoms with van der Waals surface area (Å²) in [6.45, 7) is 2.46. The minimum absolute atomic E-state index is 0. The molecule has 1 atom stereocenters. The lowest BCUT2D eigenvalue weighted by molar-refractivity contribution is 0.288. The maximum absolute atomic E-state index is 10.8. The first kappa shape index (κ1) is 25.9. The number of benzene rings is 4. The molecule has 4 aromatic rings. The molecule has 1 aliphatic heterocycles. The van der Waals surface area contributed by atoms with Gasteiger partial charge in [-0.05, 0) is 59.0 Å². The highest BCUT2D eigenvalue weighted by Gasteiger charge is 2.26. The molecule has 6 heteroatoms. The van der Waals surface area contributed by atoms with Gasteiger partial charge in [0, 0.05) is 12.5 Å². The molecule has 1 unspecified atom stereocenters. The van der Waals surface area contributed by atoms with E-state index in [0.29, 0.717) is 24.0 Å². The third-order valence-corrected chi connectivity index (χ3v) is 6.79. The molecule has 0 aliphatic carbocycles. The molecule has 0 aromatic heterocycles. The lowest BCUT2D eigenvalue weighted by Crippen LogP contribution is -2.20. The predicted octanol–water partition coefficient (Wildman–Crippen LogP) is 6.90. The third kappa shape index (κ3) is 5.96. The number of aromatic hydroxyl groups is 1. The van der Waals surface area contributed by atoms with Crippen LogP contribution >= 0.6 is 24.0 Å². The number of hydrogen-bond donors (Lipinski definition) is 2. The molecule has 1 heterocycles. The second-order valence-corrected chi connectivity index (χ2v) is 9.11. The molecular formula is C30H29Cl2NO3. The summed E-state index contributed by atoms with van der Waals surface area (Å²) < 4.78 is 12.0. The lowest BCUT2D eigenvalue weighted by Gasteiger charge is -2.21. The van der Waals surface area contributed by atoms with Crippen molar-refractivity contribution >= 4 is 24.0 Å². The first-order valence-electron chi connectivity index (χ1n) is 11.9.